The maximum absolute atomic E-state index is 14.3. The lowest BCUT2D eigenvalue weighted by atomic mass is 9.79. The van der Waals surface area contributed by atoms with E-state index in [4.69, 9.17) is 11.6 Å². The van der Waals surface area contributed by atoms with E-state index in [-0.39, 0.29) is 17.4 Å². The molecule has 2 nitrogen and oxygen atoms in total. The Morgan fingerprint density at radius 2 is 2.00 bits per heavy atom. The Morgan fingerprint density at radius 1 is 1.24 bits per heavy atom. The van der Waals surface area contributed by atoms with Gasteiger partial charge in [-0.1, -0.05) is 13.8 Å². The number of benzene rings is 1. The molecule has 3 unspecified atom stereocenters. The average molecular weight is 313 g/mol. The van der Waals surface area contributed by atoms with Gasteiger partial charge in [0.25, 0.3) is 0 Å². The first kappa shape index (κ1) is 14.8. The van der Waals surface area contributed by atoms with E-state index in [2.05, 4.69) is 18.8 Å². The van der Waals surface area contributed by atoms with Gasteiger partial charge in [0, 0.05) is 6.04 Å². The highest BCUT2D eigenvalue weighted by Gasteiger charge is 2.29. The first-order valence-electron chi connectivity index (χ1n) is 7.43. The monoisotopic (exact) mass is 312 g/mol. The molecule has 1 aliphatic rings. The number of fused-ring (bicyclic) bond motifs is 1. The summed E-state index contributed by atoms with van der Waals surface area (Å²) in [5.41, 5.74) is 0.744. The van der Waals surface area contributed by atoms with E-state index < -0.39 is 11.6 Å². The molecule has 0 N–H and O–H groups in total. The third kappa shape index (κ3) is 2.44. The van der Waals surface area contributed by atoms with Gasteiger partial charge in [-0.05, 0) is 43.2 Å². The molecular weight excluding hydrogens is 294 g/mol. The van der Waals surface area contributed by atoms with Crippen molar-refractivity contribution < 1.29 is 8.78 Å². The minimum absolute atomic E-state index is 0.145. The Morgan fingerprint density at radius 3 is 2.67 bits per heavy atom. The molecule has 5 heteroatoms. The van der Waals surface area contributed by atoms with Gasteiger partial charge in [-0.3, -0.25) is 0 Å². The van der Waals surface area contributed by atoms with Gasteiger partial charge in [0.05, 0.1) is 11.4 Å². The predicted molar refractivity (Wildman–Crippen MR) is 80.4 cm³/mol. The molecule has 0 bridgehead atoms. The number of alkyl halides is 1. The van der Waals surface area contributed by atoms with Crippen LogP contribution in [0.3, 0.4) is 0 Å². The second kappa shape index (κ2) is 5.56. The smallest absolute Gasteiger partial charge is 0.184 e. The molecule has 3 atom stereocenters. The molecule has 3 rings (SSSR count). The molecule has 0 aliphatic heterocycles. The zero-order valence-electron chi connectivity index (χ0n) is 12.2. The van der Waals surface area contributed by atoms with Crippen molar-refractivity contribution in [3.05, 3.63) is 29.6 Å². The van der Waals surface area contributed by atoms with Crippen LogP contribution in [0.15, 0.2) is 12.1 Å². The van der Waals surface area contributed by atoms with Gasteiger partial charge in [-0.25, -0.2) is 13.8 Å². The van der Waals surface area contributed by atoms with Gasteiger partial charge in [0.1, 0.15) is 11.3 Å². The van der Waals surface area contributed by atoms with Crippen molar-refractivity contribution in [1.82, 2.24) is 9.55 Å². The van der Waals surface area contributed by atoms with E-state index in [9.17, 15) is 8.78 Å². The van der Waals surface area contributed by atoms with Gasteiger partial charge < -0.3 is 4.57 Å². The third-order valence-corrected chi connectivity index (χ3v) is 5.11. The number of halogens is 3. The summed E-state index contributed by atoms with van der Waals surface area (Å²) in [5, 5.41) is 0. The quantitative estimate of drug-likeness (QED) is 0.709. The summed E-state index contributed by atoms with van der Waals surface area (Å²) >= 11 is 5.98. The minimum Gasteiger partial charge on any atom is -0.321 e. The van der Waals surface area contributed by atoms with Crippen LogP contribution in [0.2, 0.25) is 0 Å². The normalized spacial score (nSPS) is 26.4. The second-order valence-electron chi connectivity index (χ2n) is 6.18. The Hall–Kier alpha value is -1.16. The molecule has 0 saturated heterocycles. The van der Waals surface area contributed by atoms with Crippen LogP contribution in [0.25, 0.3) is 11.0 Å². The van der Waals surface area contributed by atoms with E-state index in [1.54, 1.807) is 0 Å². The van der Waals surface area contributed by atoms with Crippen molar-refractivity contribution in [2.75, 3.05) is 0 Å². The molecule has 0 radical (unpaired) electrons. The zero-order chi connectivity index (χ0) is 15.1. The van der Waals surface area contributed by atoms with Crippen LogP contribution < -0.4 is 0 Å². The lowest BCUT2D eigenvalue weighted by molar-refractivity contribution is 0.211. The van der Waals surface area contributed by atoms with Crippen LogP contribution in [-0.4, -0.2) is 9.55 Å². The fourth-order valence-corrected chi connectivity index (χ4v) is 3.60. The Kier molecular flexibility index (Phi) is 3.91. The molecule has 1 saturated carbocycles. The van der Waals surface area contributed by atoms with Gasteiger partial charge in [-0.2, -0.15) is 0 Å². The number of rotatable bonds is 2. The number of nitrogens with zero attached hydrogens (tertiary/aromatic N) is 2. The van der Waals surface area contributed by atoms with Gasteiger partial charge in [0.15, 0.2) is 11.6 Å². The summed E-state index contributed by atoms with van der Waals surface area (Å²) in [4.78, 5) is 4.38. The maximum Gasteiger partial charge on any atom is 0.184 e. The number of hydrogen-bond acceptors (Lipinski definition) is 1. The van der Waals surface area contributed by atoms with Gasteiger partial charge in [-0.15, -0.1) is 11.6 Å². The van der Waals surface area contributed by atoms with Crippen molar-refractivity contribution in [2.24, 2.45) is 11.8 Å². The van der Waals surface area contributed by atoms with E-state index >= 15 is 0 Å². The standard InChI is InChI=1S/C16H19ClF2N2/c1-9-3-4-11(7-10(9)2)21-14(8-17)20-13-6-5-12(18)15(19)16(13)21/h5-6,9-11H,3-4,7-8H2,1-2H3. The van der Waals surface area contributed by atoms with E-state index in [0.717, 1.165) is 25.3 Å². The van der Waals surface area contributed by atoms with E-state index in [1.807, 2.05) is 4.57 Å². The lowest BCUT2D eigenvalue weighted by Gasteiger charge is -2.33. The molecular formula is C16H19ClF2N2. The summed E-state index contributed by atoms with van der Waals surface area (Å²) in [6, 6.07) is 2.79. The van der Waals surface area contributed by atoms with Crippen molar-refractivity contribution in [1.29, 1.82) is 0 Å². The van der Waals surface area contributed by atoms with Crippen molar-refractivity contribution in [3.63, 3.8) is 0 Å². The highest BCUT2D eigenvalue weighted by Crippen LogP contribution is 2.39. The SMILES string of the molecule is CC1CCC(n2c(CCl)nc3ccc(F)c(F)c32)CC1C. The molecule has 21 heavy (non-hydrogen) atoms. The van der Waals surface area contributed by atoms with Crippen LogP contribution >= 0.6 is 11.6 Å². The first-order chi connectivity index (χ1) is 10.0. The molecule has 1 fully saturated rings. The Bertz CT molecular complexity index is 668. The number of aromatic nitrogens is 2. The summed E-state index contributed by atoms with van der Waals surface area (Å²) in [6.45, 7) is 4.46. The minimum atomic E-state index is -0.831. The first-order valence-corrected chi connectivity index (χ1v) is 7.97. The highest BCUT2D eigenvalue weighted by atomic mass is 35.5. The van der Waals surface area contributed by atoms with Crippen LogP contribution in [0, 0.1) is 23.5 Å². The Balaban J connectivity index is 2.14. The summed E-state index contributed by atoms with van der Waals surface area (Å²) in [7, 11) is 0. The molecule has 1 aromatic heterocycles. The molecule has 1 aliphatic carbocycles. The van der Waals surface area contributed by atoms with Crippen molar-refractivity contribution in [3.8, 4) is 0 Å². The van der Waals surface area contributed by atoms with Crippen LogP contribution in [0.5, 0.6) is 0 Å². The average Bonchev–Trinajstić information content (AvgIpc) is 2.85. The highest BCUT2D eigenvalue weighted by molar-refractivity contribution is 6.16. The van der Waals surface area contributed by atoms with Crippen molar-refractivity contribution >= 4 is 22.6 Å². The van der Waals surface area contributed by atoms with Crippen LogP contribution in [-0.2, 0) is 5.88 Å². The lowest BCUT2D eigenvalue weighted by Crippen LogP contribution is -2.24. The van der Waals surface area contributed by atoms with E-state index in [1.165, 1.54) is 6.07 Å². The number of hydrogen-bond donors (Lipinski definition) is 0. The number of imidazole rings is 1. The van der Waals surface area contributed by atoms with E-state index in [0.29, 0.717) is 23.2 Å². The van der Waals surface area contributed by atoms with Crippen LogP contribution in [0.4, 0.5) is 8.78 Å². The van der Waals surface area contributed by atoms with Gasteiger partial charge >= 0.3 is 0 Å². The molecule has 1 heterocycles. The largest absolute Gasteiger partial charge is 0.321 e. The second-order valence-corrected chi connectivity index (χ2v) is 6.45. The summed E-state index contributed by atoms with van der Waals surface area (Å²) < 4.78 is 29.7. The Labute approximate surface area is 128 Å². The maximum atomic E-state index is 14.3. The zero-order valence-corrected chi connectivity index (χ0v) is 13.0. The fraction of sp³-hybridized carbons (Fsp3) is 0.562. The topological polar surface area (TPSA) is 17.8 Å². The van der Waals surface area contributed by atoms with Crippen molar-refractivity contribution in [2.45, 2.75) is 45.0 Å². The molecule has 2 aromatic rings. The van der Waals surface area contributed by atoms with Gasteiger partial charge in [0.2, 0.25) is 0 Å². The third-order valence-electron chi connectivity index (χ3n) is 4.87. The molecule has 1 aromatic carbocycles. The van der Waals surface area contributed by atoms with Crippen LogP contribution in [0.1, 0.15) is 45.0 Å². The molecule has 114 valence electrons. The summed E-state index contributed by atoms with van der Waals surface area (Å²) in [6.07, 6.45) is 2.99. The summed E-state index contributed by atoms with van der Waals surface area (Å²) in [5.74, 6) is 0.404. The fourth-order valence-electron chi connectivity index (χ4n) is 3.41. The molecule has 0 spiro atoms. The predicted octanol–water partition coefficient (Wildman–Crippen LogP) is 5.05. The molecule has 0 amide bonds.